The first-order valence-corrected chi connectivity index (χ1v) is 5.14. The van der Waals surface area contributed by atoms with Crippen LogP contribution >= 0.6 is 0 Å². The average molecular weight is 229 g/mol. The van der Waals surface area contributed by atoms with Gasteiger partial charge in [-0.05, 0) is 12.1 Å². The Morgan fingerprint density at radius 3 is 2.76 bits per heavy atom. The molecule has 0 amide bonds. The minimum Gasteiger partial charge on any atom is -0.363 e. The van der Waals surface area contributed by atoms with Gasteiger partial charge in [-0.2, -0.15) is 15.4 Å². The third-order valence-corrected chi connectivity index (χ3v) is 2.45. The number of nitrogens with zero attached hydrogens (tertiary/aromatic N) is 5. The lowest BCUT2D eigenvalue weighted by Gasteiger charge is -2.09. The molecule has 0 atom stereocenters. The number of aromatic amines is 2. The Morgan fingerprint density at radius 2 is 2.06 bits per heavy atom. The fourth-order valence-corrected chi connectivity index (χ4v) is 1.57. The van der Waals surface area contributed by atoms with Gasteiger partial charge in [-0.1, -0.05) is 0 Å². The van der Waals surface area contributed by atoms with Crippen LogP contribution in [0.2, 0.25) is 0 Å². The maximum atomic E-state index is 4.43. The highest BCUT2D eigenvalue weighted by Crippen LogP contribution is 2.18. The molecular weight excluding hydrogens is 218 g/mol. The fraction of sp³-hybridized carbons (Fsp3) is 0.200. The Morgan fingerprint density at radius 1 is 1.18 bits per heavy atom. The summed E-state index contributed by atoms with van der Waals surface area (Å²) in [6.07, 6.45) is 1.62. The first kappa shape index (κ1) is 9.76. The van der Waals surface area contributed by atoms with E-state index in [1.54, 1.807) is 6.20 Å². The zero-order valence-corrected chi connectivity index (χ0v) is 9.47. The van der Waals surface area contributed by atoms with Crippen LogP contribution in [-0.2, 0) is 0 Å². The van der Waals surface area contributed by atoms with Crippen molar-refractivity contribution in [1.29, 1.82) is 0 Å². The number of nitrogens with one attached hydrogen (secondary N) is 2. The van der Waals surface area contributed by atoms with Gasteiger partial charge in [0.2, 0.25) is 0 Å². The van der Waals surface area contributed by atoms with E-state index in [2.05, 4.69) is 30.4 Å². The van der Waals surface area contributed by atoms with E-state index in [-0.39, 0.29) is 0 Å². The monoisotopic (exact) mass is 229 g/mol. The smallest absolute Gasteiger partial charge is 0.180 e. The number of aromatic nitrogens is 6. The number of anilines is 1. The molecule has 7 heteroatoms. The molecule has 86 valence electrons. The van der Waals surface area contributed by atoms with E-state index in [4.69, 9.17) is 0 Å². The summed E-state index contributed by atoms with van der Waals surface area (Å²) in [7, 11) is 3.89. The van der Waals surface area contributed by atoms with E-state index in [1.165, 1.54) is 0 Å². The van der Waals surface area contributed by atoms with Crippen LogP contribution in [0, 0.1) is 0 Å². The second kappa shape index (κ2) is 3.55. The molecule has 0 aliphatic heterocycles. The third-order valence-electron chi connectivity index (χ3n) is 2.45. The molecule has 3 aromatic heterocycles. The van der Waals surface area contributed by atoms with Gasteiger partial charge in [-0.15, -0.1) is 0 Å². The molecule has 2 N–H and O–H groups in total. The molecule has 3 rings (SSSR count). The van der Waals surface area contributed by atoms with Crippen molar-refractivity contribution in [2.75, 3.05) is 19.0 Å². The maximum Gasteiger partial charge on any atom is 0.180 e. The van der Waals surface area contributed by atoms with Crippen molar-refractivity contribution >= 4 is 17.0 Å². The molecule has 0 aromatic carbocycles. The summed E-state index contributed by atoms with van der Waals surface area (Å²) in [5, 5.41) is 10.3. The molecule has 3 aromatic rings. The van der Waals surface area contributed by atoms with Crippen LogP contribution in [-0.4, -0.2) is 44.5 Å². The summed E-state index contributed by atoms with van der Waals surface area (Å²) in [6.45, 7) is 0. The molecule has 0 radical (unpaired) electrons. The average Bonchev–Trinajstić information content (AvgIpc) is 2.96. The molecule has 0 aliphatic carbocycles. The molecule has 0 spiro atoms. The lowest BCUT2D eigenvalue weighted by molar-refractivity contribution is 0.940. The van der Waals surface area contributed by atoms with E-state index in [0.29, 0.717) is 17.2 Å². The summed E-state index contributed by atoms with van der Waals surface area (Å²) in [6, 6.07) is 3.89. The van der Waals surface area contributed by atoms with Crippen molar-refractivity contribution in [2.24, 2.45) is 0 Å². The number of H-pyrrole nitrogens is 2. The van der Waals surface area contributed by atoms with Crippen LogP contribution in [0.3, 0.4) is 0 Å². The van der Waals surface area contributed by atoms with Crippen molar-refractivity contribution in [3.63, 3.8) is 0 Å². The minimum absolute atomic E-state index is 0.664. The molecule has 3 heterocycles. The summed E-state index contributed by atoms with van der Waals surface area (Å²) in [5.74, 6) is 1.54. The minimum atomic E-state index is 0.664. The molecule has 7 nitrogen and oxygen atoms in total. The molecule has 0 saturated carbocycles. The molecular formula is C10H11N7. The Labute approximate surface area is 96.9 Å². The van der Waals surface area contributed by atoms with Crippen molar-refractivity contribution in [2.45, 2.75) is 0 Å². The first-order chi connectivity index (χ1) is 8.24. The van der Waals surface area contributed by atoms with Crippen molar-refractivity contribution in [1.82, 2.24) is 30.4 Å². The Bertz CT molecular complexity index is 638. The number of imidazole rings is 1. The highest BCUT2D eigenvalue weighted by Gasteiger charge is 2.09. The van der Waals surface area contributed by atoms with Gasteiger partial charge < -0.3 is 9.88 Å². The lowest BCUT2D eigenvalue weighted by atomic mass is 10.4. The molecule has 17 heavy (non-hydrogen) atoms. The highest BCUT2D eigenvalue weighted by atomic mass is 15.3. The van der Waals surface area contributed by atoms with Gasteiger partial charge in [-0.25, -0.2) is 9.97 Å². The molecule has 0 bridgehead atoms. The second-order valence-corrected chi connectivity index (χ2v) is 3.88. The number of hydrogen-bond acceptors (Lipinski definition) is 5. The highest BCUT2D eigenvalue weighted by molar-refractivity contribution is 5.76. The van der Waals surface area contributed by atoms with E-state index in [0.717, 1.165) is 11.3 Å². The fourth-order valence-electron chi connectivity index (χ4n) is 1.57. The maximum absolute atomic E-state index is 4.43. The number of hydrogen-bond donors (Lipinski definition) is 2. The predicted molar refractivity (Wildman–Crippen MR) is 63.6 cm³/mol. The van der Waals surface area contributed by atoms with Gasteiger partial charge in [-0.3, -0.25) is 0 Å². The van der Waals surface area contributed by atoms with Gasteiger partial charge in [0.05, 0.1) is 11.7 Å². The normalized spacial score (nSPS) is 10.9. The lowest BCUT2D eigenvalue weighted by Crippen LogP contribution is -2.10. The SMILES string of the molecule is CN(C)c1ccc2[nH]c(-c3cn[nH]n3)nc2n1. The molecule has 0 saturated heterocycles. The van der Waals surface area contributed by atoms with Gasteiger partial charge in [0.1, 0.15) is 11.5 Å². The van der Waals surface area contributed by atoms with E-state index in [1.807, 2.05) is 31.1 Å². The largest absolute Gasteiger partial charge is 0.363 e. The van der Waals surface area contributed by atoms with Crippen LogP contribution in [0.5, 0.6) is 0 Å². The van der Waals surface area contributed by atoms with Crippen molar-refractivity contribution in [3.8, 4) is 11.5 Å². The van der Waals surface area contributed by atoms with Crippen molar-refractivity contribution in [3.05, 3.63) is 18.3 Å². The van der Waals surface area contributed by atoms with E-state index in [9.17, 15) is 0 Å². The first-order valence-electron chi connectivity index (χ1n) is 5.14. The summed E-state index contributed by atoms with van der Waals surface area (Å²) in [5.41, 5.74) is 2.23. The number of rotatable bonds is 2. The van der Waals surface area contributed by atoms with Gasteiger partial charge in [0.25, 0.3) is 0 Å². The van der Waals surface area contributed by atoms with Gasteiger partial charge >= 0.3 is 0 Å². The van der Waals surface area contributed by atoms with Gasteiger partial charge in [0.15, 0.2) is 11.5 Å². The molecule has 0 unspecified atom stereocenters. The topological polar surface area (TPSA) is 86.4 Å². The number of fused-ring (bicyclic) bond motifs is 1. The second-order valence-electron chi connectivity index (χ2n) is 3.88. The van der Waals surface area contributed by atoms with Crippen LogP contribution in [0.4, 0.5) is 5.82 Å². The van der Waals surface area contributed by atoms with Crippen LogP contribution in [0.25, 0.3) is 22.7 Å². The zero-order chi connectivity index (χ0) is 11.8. The summed E-state index contributed by atoms with van der Waals surface area (Å²) < 4.78 is 0. The van der Waals surface area contributed by atoms with E-state index < -0.39 is 0 Å². The molecule has 0 fully saturated rings. The standard InChI is InChI=1S/C10H11N7/c1-17(2)8-4-3-6-9(13-8)14-10(12-6)7-5-11-16-15-7/h3-5H,1-2H3,(H,11,15,16)(H,12,13,14). The van der Waals surface area contributed by atoms with Crippen LogP contribution in [0.1, 0.15) is 0 Å². The van der Waals surface area contributed by atoms with Gasteiger partial charge in [0, 0.05) is 14.1 Å². The van der Waals surface area contributed by atoms with Crippen LogP contribution in [0.15, 0.2) is 18.3 Å². The Balaban J connectivity index is 2.13. The van der Waals surface area contributed by atoms with E-state index >= 15 is 0 Å². The quantitative estimate of drug-likeness (QED) is 0.679. The Hall–Kier alpha value is -2.44. The summed E-state index contributed by atoms with van der Waals surface area (Å²) in [4.78, 5) is 13.9. The molecule has 0 aliphatic rings. The Kier molecular flexibility index (Phi) is 2.04. The van der Waals surface area contributed by atoms with Crippen molar-refractivity contribution < 1.29 is 0 Å². The zero-order valence-electron chi connectivity index (χ0n) is 9.47. The van der Waals surface area contributed by atoms with Crippen LogP contribution < -0.4 is 4.90 Å². The predicted octanol–water partition coefficient (Wildman–Crippen LogP) is 0.809. The third kappa shape index (κ3) is 1.61. The summed E-state index contributed by atoms with van der Waals surface area (Å²) >= 11 is 0. The number of pyridine rings is 1.